The van der Waals surface area contributed by atoms with Gasteiger partial charge >= 0.3 is 6.09 Å². The number of carbonyl (C=O) groups excluding carboxylic acids is 1. The van der Waals surface area contributed by atoms with Crippen LogP contribution in [0.5, 0.6) is 5.75 Å². The van der Waals surface area contributed by atoms with Gasteiger partial charge in [-0.15, -0.1) is 0 Å². The van der Waals surface area contributed by atoms with Crippen LogP contribution in [0.1, 0.15) is 54.7 Å². The standard InChI is InChI=1S/C26H26N2O4/c1-15-10-21(31-5)22(20-8-9-28(23(15)20)25(30)32-26(2,3)4)24(29)19-12-17-7-6-16(14-27)11-18(17)13-19/h6-12,24,29H,13H2,1-5H3. The molecule has 0 saturated carbocycles. The van der Waals surface area contributed by atoms with Crippen molar-refractivity contribution in [3.05, 3.63) is 69.9 Å². The highest BCUT2D eigenvalue weighted by molar-refractivity contribution is 5.95. The molecule has 164 valence electrons. The van der Waals surface area contributed by atoms with Crippen LogP contribution in [0.4, 0.5) is 4.79 Å². The fourth-order valence-corrected chi connectivity index (χ4v) is 4.24. The number of aromatic nitrogens is 1. The maximum Gasteiger partial charge on any atom is 0.419 e. The number of nitriles is 1. The zero-order valence-electron chi connectivity index (χ0n) is 18.9. The third-order valence-corrected chi connectivity index (χ3v) is 5.61. The third kappa shape index (κ3) is 3.76. The van der Waals surface area contributed by atoms with Crippen LogP contribution in [0.2, 0.25) is 0 Å². The van der Waals surface area contributed by atoms with E-state index in [1.807, 2.05) is 58.0 Å². The molecule has 4 rings (SSSR count). The lowest BCUT2D eigenvalue weighted by Crippen LogP contribution is -2.26. The number of ether oxygens (including phenoxy) is 2. The maximum absolute atomic E-state index is 12.8. The highest BCUT2D eigenvalue weighted by Gasteiger charge is 2.28. The van der Waals surface area contributed by atoms with E-state index >= 15 is 0 Å². The minimum atomic E-state index is -0.930. The van der Waals surface area contributed by atoms with Crippen LogP contribution in [0, 0.1) is 18.3 Å². The first-order valence-electron chi connectivity index (χ1n) is 10.5. The zero-order valence-corrected chi connectivity index (χ0v) is 18.9. The summed E-state index contributed by atoms with van der Waals surface area (Å²) in [7, 11) is 1.57. The van der Waals surface area contributed by atoms with E-state index in [1.54, 1.807) is 19.4 Å². The Labute approximate surface area is 187 Å². The Morgan fingerprint density at radius 2 is 2.00 bits per heavy atom. The van der Waals surface area contributed by atoms with Gasteiger partial charge in [0.1, 0.15) is 17.5 Å². The van der Waals surface area contributed by atoms with E-state index in [0.717, 1.165) is 27.6 Å². The second-order valence-electron chi connectivity index (χ2n) is 9.06. The lowest BCUT2D eigenvalue weighted by molar-refractivity contribution is 0.0544. The highest BCUT2D eigenvalue weighted by atomic mass is 16.6. The molecule has 1 aromatic heterocycles. The first-order valence-corrected chi connectivity index (χ1v) is 10.5. The molecule has 6 nitrogen and oxygen atoms in total. The Hall–Kier alpha value is -3.56. The van der Waals surface area contributed by atoms with E-state index in [2.05, 4.69) is 6.07 Å². The first kappa shape index (κ1) is 21.7. The minimum Gasteiger partial charge on any atom is -0.496 e. The Bertz CT molecular complexity index is 1300. The Balaban J connectivity index is 1.80. The van der Waals surface area contributed by atoms with Gasteiger partial charge in [-0.2, -0.15) is 5.26 Å². The van der Waals surface area contributed by atoms with Crippen LogP contribution in [0.15, 0.2) is 42.1 Å². The molecule has 1 unspecified atom stereocenters. The molecule has 6 heteroatoms. The smallest absolute Gasteiger partial charge is 0.419 e. The molecule has 1 heterocycles. The molecule has 1 N–H and O–H groups in total. The van der Waals surface area contributed by atoms with Crippen molar-refractivity contribution in [2.75, 3.05) is 7.11 Å². The number of aliphatic hydroxyl groups is 1. The van der Waals surface area contributed by atoms with Crippen molar-refractivity contribution in [2.24, 2.45) is 0 Å². The number of benzene rings is 2. The van der Waals surface area contributed by atoms with Gasteiger partial charge in [0.05, 0.1) is 24.3 Å². The molecule has 0 fully saturated rings. The summed E-state index contributed by atoms with van der Waals surface area (Å²) < 4.78 is 12.7. The third-order valence-electron chi connectivity index (χ3n) is 5.61. The molecule has 0 amide bonds. The van der Waals surface area contributed by atoms with Crippen LogP contribution < -0.4 is 4.74 Å². The molecule has 1 aliphatic rings. The lowest BCUT2D eigenvalue weighted by Gasteiger charge is -2.21. The fraction of sp³-hybridized carbons (Fsp3) is 0.308. The summed E-state index contributed by atoms with van der Waals surface area (Å²) in [5.41, 5.74) is 4.90. The largest absolute Gasteiger partial charge is 0.496 e. The van der Waals surface area contributed by atoms with Crippen molar-refractivity contribution in [3.63, 3.8) is 0 Å². The number of nitrogens with zero attached hydrogens (tertiary/aromatic N) is 2. The molecule has 3 aromatic rings. The second kappa shape index (κ2) is 7.85. The normalized spacial score (nSPS) is 14.0. The first-order chi connectivity index (χ1) is 15.1. The minimum absolute atomic E-state index is 0.474. The quantitative estimate of drug-likeness (QED) is 0.611. The number of methoxy groups -OCH3 is 1. The number of hydrogen-bond donors (Lipinski definition) is 1. The predicted molar refractivity (Wildman–Crippen MR) is 123 cm³/mol. The fourth-order valence-electron chi connectivity index (χ4n) is 4.24. The summed E-state index contributed by atoms with van der Waals surface area (Å²) in [5.74, 6) is 0.555. The van der Waals surface area contributed by atoms with Crippen molar-refractivity contribution in [1.82, 2.24) is 4.57 Å². The molecule has 2 aromatic carbocycles. The molecule has 0 saturated heterocycles. The van der Waals surface area contributed by atoms with Crippen molar-refractivity contribution >= 4 is 23.1 Å². The van der Waals surface area contributed by atoms with E-state index < -0.39 is 17.8 Å². The average Bonchev–Trinajstić information content (AvgIpc) is 3.36. The summed E-state index contributed by atoms with van der Waals surface area (Å²) in [6.07, 6.45) is 2.76. The van der Waals surface area contributed by atoms with Crippen LogP contribution >= 0.6 is 0 Å². The number of carbonyl (C=O) groups is 1. The van der Waals surface area contributed by atoms with E-state index in [4.69, 9.17) is 9.47 Å². The number of aliphatic hydroxyl groups excluding tert-OH is 1. The van der Waals surface area contributed by atoms with Gasteiger partial charge in [0, 0.05) is 17.1 Å². The summed E-state index contributed by atoms with van der Waals surface area (Å²) in [6.45, 7) is 7.37. The van der Waals surface area contributed by atoms with Crippen molar-refractivity contribution in [2.45, 2.75) is 45.8 Å². The second-order valence-corrected chi connectivity index (χ2v) is 9.06. The number of rotatable bonds is 3. The number of fused-ring (bicyclic) bond motifs is 2. The zero-order chi connectivity index (χ0) is 23.2. The Morgan fingerprint density at radius 1 is 1.25 bits per heavy atom. The maximum atomic E-state index is 12.8. The van der Waals surface area contributed by atoms with Crippen LogP contribution in [0.25, 0.3) is 17.0 Å². The number of aryl methyl sites for hydroxylation is 1. The molecule has 0 bridgehead atoms. The van der Waals surface area contributed by atoms with Crippen LogP contribution in [-0.4, -0.2) is 28.5 Å². The van der Waals surface area contributed by atoms with Gasteiger partial charge in [0.25, 0.3) is 0 Å². The van der Waals surface area contributed by atoms with E-state index in [0.29, 0.717) is 28.8 Å². The van der Waals surface area contributed by atoms with Gasteiger partial charge in [0.2, 0.25) is 0 Å². The Kier molecular flexibility index (Phi) is 5.31. The van der Waals surface area contributed by atoms with Crippen LogP contribution in [0.3, 0.4) is 0 Å². The van der Waals surface area contributed by atoms with Crippen molar-refractivity contribution < 1.29 is 19.4 Å². The molecule has 32 heavy (non-hydrogen) atoms. The highest BCUT2D eigenvalue weighted by Crippen LogP contribution is 2.42. The number of hydrogen-bond acceptors (Lipinski definition) is 5. The summed E-state index contributed by atoms with van der Waals surface area (Å²) in [5, 5.41) is 21.3. The van der Waals surface area contributed by atoms with Crippen LogP contribution in [-0.2, 0) is 11.2 Å². The molecular weight excluding hydrogens is 404 g/mol. The molecule has 1 atom stereocenters. The van der Waals surface area contributed by atoms with Gasteiger partial charge in [-0.05, 0) is 80.6 Å². The summed E-state index contributed by atoms with van der Waals surface area (Å²) in [4.78, 5) is 12.8. The van der Waals surface area contributed by atoms with Crippen molar-refractivity contribution in [1.29, 1.82) is 5.26 Å². The topological polar surface area (TPSA) is 84.5 Å². The Morgan fingerprint density at radius 3 is 2.66 bits per heavy atom. The van der Waals surface area contributed by atoms with Gasteiger partial charge in [0.15, 0.2) is 0 Å². The SMILES string of the molecule is COc1cc(C)c2c(ccn2C(=O)OC(C)(C)C)c1C(O)C1=Cc2ccc(C#N)cc2C1. The van der Waals surface area contributed by atoms with Gasteiger partial charge in [-0.1, -0.05) is 12.1 Å². The van der Waals surface area contributed by atoms with E-state index in [-0.39, 0.29) is 0 Å². The molecular formula is C26H26N2O4. The lowest BCUT2D eigenvalue weighted by atomic mass is 9.94. The molecule has 0 aliphatic heterocycles. The van der Waals surface area contributed by atoms with Crippen molar-refractivity contribution in [3.8, 4) is 11.8 Å². The summed E-state index contributed by atoms with van der Waals surface area (Å²) >= 11 is 0. The van der Waals surface area contributed by atoms with Gasteiger partial charge < -0.3 is 14.6 Å². The van der Waals surface area contributed by atoms with Gasteiger partial charge in [-0.25, -0.2) is 4.79 Å². The molecule has 0 radical (unpaired) electrons. The monoisotopic (exact) mass is 430 g/mol. The van der Waals surface area contributed by atoms with E-state index in [1.165, 1.54) is 4.57 Å². The predicted octanol–water partition coefficient (Wildman–Crippen LogP) is 5.29. The van der Waals surface area contributed by atoms with E-state index in [9.17, 15) is 15.2 Å². The molecule has 1 aliphatic carbocycles. The van der Waals surface area contributed by atoms with Gasteiger partial charge in [-0.3, -0.25) is 4.57 Å². The molecule has 0 spiro atoms. The average molecular weight is 431 g/mol. The summed E-state index contributed by atoms with van der Waals surface area (Å²) in [6, 6.07) is 11.3.